The molecular formula is C16H21ClN2O3. The summed E-state index contributed by atoms with van der Waals surface area (Å²) < 4.78 is 0. The molecule has 1 aromatic rings. The monoisotopic (exact) mass is 324 g/mol. The van der Waals surface area contributed by atoms with Gasteiger partial charge in [-0.3, -0.25) is 9.59 Å². The molecular weight excluding hydrogens is 304 g/mol. The van der Waals surface area contributed by atoms with Crippen LogP contribution in [0.5, 0.6) is 0 Å². The molecule has 6 heteroatoms. The summed E-state index contributed by atoms with van der Waals surface area (Å²) in [5, 5.41) is 15.7. The number of carbonyl (C=O) groups is 2. The maximum Gasteiger partial charge on any atom is 0.313 e. The van der Waals surface area contributed by atoms with Gasteiger partial charge in [-0.25, -0.2) is 0 Å². The topological polar surface area (TPSA) is 78.4 Å². The van der Waals surface area contributed by atoms with Crippen LogP contribution in [0.1, 0.15) is 32.6 Å². The SMILES string of the molecule is C[C@@](O)(CNC(=O)C(=O)Nc1ccccc1Cl)C1CCCC1. The van der Waals surface area contributed by atoms with Crippen LogP contribution < -0.4 is 10.6 Å². The van der Waals surface area contributed by atoms with E-state index in [4.69, 9.17) is 11.6 Å². The van der Waals surface area contributed by atoms with E-state index in [0.29, 0.717) is 10.7 Å². The Kier molecular flexibility index (Phi) is 5.42. The predicted octanol–water partition coefficient (Wildman–Crippen LogP) is 2.34. The van der Waals surface area contributed by atoms with Crippen molar-refractivity contribution in [1.29, 1.82) is 0 Å². The number of amides is 2. The molecule has 0 bridgehead atoms. The highest BCUT2D eigenvalue weighted by atomic mass is 35.5. The van der Waals surface area contributed by atoms with Crippen molar-refractivity contribution in [3.05, 3.63) is 29.3 Å². The zero-order valence-electron chi connectivity index (χ0n) is 12.6. The van der Waals surface area contributed by atoms with E-state index in [-0.39, 0.29) is 12.5 Å². The van der Waals surface area contributed by atoms with Crippen molar-refractivity contribution in [2.24, 2.45) is 5.92 Å². The van der Waals surface area contributed by atoms with Crippen LogP contribution in [0.25, 0.3) is 0 Å². The summed E-state index contributed by atoms with van der Waals surface area (Å²) in [6, 6.07) is 6.68. The second-order valence-electron chi connectivity index (χ2n) is 5.96. The Balaban J connectivity index is 1.86. The van der Waals surface area contributed by atoms with Crippen LogP contribution in [0.2, 0.25) is 5.02 Å². The van der Waals surface area contributed by atoms with Gasteiger partial charge in [0.25, 0.3) is 0 Å². The Morgan fingerprint density at radius 1 is 1.27 bits per heavy atom. The van der Waals surface area contributed by atoms with E-state index in [2.05, 4.69) is 10.6 Å². The minimum atomic E-state index is -0.989. The largest absolute Gasteiger partial charge is 0.388 e. The molecule has 3 N–H and O–H groups in total. The number of nitrogens with one attached hydrogen (secondary N) is 2. The summed E-state index contributed by atoms with van der Waals surface area (Å²) in [6.07, 6.45) is 4.10. The first-order valence-electron chi connectivity index (χ1n) is 7.46. The number of hydrogen-bond acceptors (Lipinski definition) is 3. The van der Waals surface area contributed by atoms with Crippen LogP contribution in [0, 0.1) is 5.92 Å². The summed E-state index contributed by atoms with van der Waals surface area (Å²) in [6.45, 7) is 1.77. The molecule has 0 aliphatic heterocycles. The molecule has 5 nitrogen and oxygen atoms in total. The van der Waals surface area contributed by atoms with E-state index in [1.807, 2.05) is 0 Å². The van der Waals surface area contributed by atoms with Crippen molar-refractivity contribution in [2.45, 2.75) is 38.2 Å². The maximum atomic E-state index is 11.8. The van der Waals surface area contributed by atoms with Gasteiger partial charge in [-0.15, -0.1) is 0 Å². The minimum Gasteiger partial charge on any atom is -0.388 e. The molecule has 120 valence electrons. The molecule has 0 aromatic heterocycles. The van der Waals surface area contributed by atoms with Gasteiger partial charge in [0.2, 0.25) is 0 Å². The first-order chi connectivity index (χ1) is 10.4. The number of hydrogen-bond donors (Lipinski definition) is 3. The number of benzene rings is 1. The third-order valence-electron chi connectivity index (χ3n) is 4.17. The normalized spacial score (nSPS) is 17.8. The molecule has 1 fully saturated rings. The third-order valence-corrected chi connectivity index (χ3v) is 4.50. The van der Waals surface area contributed by atoms with E-state index in [1.165, 1.54) is 0 Å². The van der Waals surface area contributed by atoms with Gasteiger partial charge in [-0.1, -0.05) is 36.6 Å². The first-order valence-corrected chi connectivity index (χ1v) is 7.84. The van der Waals surface area contributed by atoms with E-state index in [1.54, 1.807) is 31.2 Å². The van der Waals surface area contributed by atoms with Gasteiger partial charge in [-0.05, 0) is 37.8 Å². The van der Waals surface area contributed by atoms with Crippen LogP contribution in [0.4, 0.5) is 5.69 Å². The Morgan fingerprint density at radius 2 is 1.91 bits per heavy atom. The summed E-state index contributed by atoms with van der Waals surface area (Å²) in [5.74, 6) is -1.41. The number of aliphatic hydroxyl groups is 1. The van der Waals surface area contributed by atoms with E-state index >= 15 is 0 Å². The molecule has 0 heterocycles. The lowest BCUT2D eigenvalue weighted by Gasteiger charge is -2.30. The van der Waals surface area contributed by atoms with Gasteiger partial charge in [0.15, 0.2) is 0 Å². The highest BCUT2D eigenvalue weighted by molar-refractivity contribution is 6.41. The van der Waals surface area contributed by atoms with Gasteiger partial charge < -0.3 is 15.7 Å². The van der Waals surface area contributed by atoms with Gasteiger partial charge in [0.1, 0.15) is 0 Å². The lowest BCUT2D eigenvalue weighted by atomic mass is 9.88. The molecule has 0 spiro atoms. The summed E-state index contributed by atoms with van der Waals surface area (Å²) in [4.78, 5) is 23.7. The second-order valence-corrected chi connectivity index (χ2v) is 6.36. The van der Waals surface area contributed by atoms with E-state index in [0.717, 1.165) is 25.7 Å². The number of para-hydroxylation sites is 1. The van der Waals surface area contributed by atoms with Crippen LogP contribution >= 0.6 is 11.6 Å². The van der Waals surface area contributed by atoms with Crippen molar-refractivity contribution in [2.75, 3.05) is 11.9 Å². The summed E-state index contributed by atoms with van der Waals surface area (Å²) >= 11 is 5.92. The van der Waals surface area contributed by atoms with E-state index < -0.39 is 17.4 Å². The molecule has 1 saturated carbocycles. The van der Waals surface area contributed by atoms with Crippen molar-refractivity contribution in [1.82, 2.24) is 5.32 Å². The van der Waals surface area contributed by atoms with Gasteiger partial charge in [0, 0.05) is 6.54 Å². The summed E-state index contributed by atoms with van der Waals surface area (Å²) in [7, 11) is 0. The fourth-order valence-corrected chi connectivity index (χ4v) is 2.96. The van der Waals surface area contributed by atoms with Crippen LogP contribution in [-0.4, -0.2) is 29.1 Å². The van der Waals surface area contributed by atoms with Gasteiger partial charge in [0.05, 0.1) is 16.3 Å². The Morgan fingerprint density at radius 3 is 2.55 bits per heavy atom. The molecule has 22 heavy (non-hydrogen) atoms. The van der Waals surface area contributed by atoms with Crippen molar-refractivity contribution >= 4 is 29.1 Å². The molecule has 0 unspecified atom stereocenters. The predicted molar refractivity (Wildman–Crippen MR) is 85.7 cm³/mol. The second kappa shape index (κ2) is 7.11. The van der Waals surface area contributed by atoms with Crippen LogP contribution in [0.3, 0.4) is 0 Å². The molecule has 0 radical (unpaired) electrons. The Labute approximate surface area is 135 Å². The number of carbonyl (C=O) groups excluding carboxylic acids is 2. The lowest BCUT2D eigenvalue weighted by molar-refractivity contribution is -0.137. The fraction of sp³-hybridized carbons (Fsp3) is 0.500. The van der Waals surface area contributed by atoms with E-state index in [9.17, 15) is 14.7 Å². The summed E-state index contributed by atoms with van der Waals surface area (Å²) in [5.41, 5.74) is -0.608. The third kappa shape index (κ3) is 4.21. The molecule has 1 aromatic carbocycles. The maximum absolute atomic E-state index is 11.8. The van der Waals surface area contributed by atoms with Crippen molar-refractivity contribution < 1.29 is 14.7 Å². The zero-order chi connectivity index (χ0) is 16.2. The fourth-order valence-electron chi connectivity index (χ4n) is 2.77. The van der Waals surface area contributed by atoms with Crippen LogP contribution in [0.15, 0.2) is 24.3 Å². The number of anilines is 1. The average molecular weight is 325 g/mol. The van der Waals surface area contributed by atoms with Gasteiger partial charge in [-0.2, -0.15) is 0 Å². The molecule has 2 amide bonds. The van der Waals surface area contributed by atoms with Crippen molar-refractivity contribution in [3.63, 3.8) is 0 Å². The molecule has 1 atom stereocenters. The van der Waals surface area contributed by atoms with Gasteiger partial charge >= 0.3 is 11.8 Å². The zero-order valence-corrected chi connectivity index (χ0v) is 13.3. The minimum absolute atomic E-state index is 0.0619. The number of rotatable bonds is 4. The Hall–Kier alpha value is -1.59. The van der Waals surface area contributed by atoms with Crippen molar-refractivity contribution in [3.8, 4) is 0 Å². The molecule has 0 saturated heterocycles. The average Bonchev–Trinajstić information content (AvgIpc) is 3.02. The molecule has 1 aliphatic carbocycles. The Bertz CT molecular complexity index is 554. The van der Waals surface area contributed by atoms with Crippen LogP contribution in [-0.2, 0) is 9.59 Å². The first kappa shape index (κ1) is 16.8. The quantitative estimate of drug-likeness (QED) is 0.744. The molecule has 1 aliphatic rings. The number of halogens is 1. The standard InChI is InChI=1S/C16H21ClN2O3/c1-16(22,11-6-2-3-7-11)10-18-14(20)15(21)19-13-9-5-4-8-12(13)17/h4-5,8-9,11,22H,2-3,6-7,10H2,1H3,(H,18,20)(H,19,21)/t16-/m1/s1. The smallest absolute Gasteiger partial charge is 0.313 e. The lowest BCUT2D eigenvalue weighted by Crippen LogP contribution is -2.48. The highest BCUT2D eigenvalue weighted by Crippen LogP contribution is 2.33. The molecule has 2 rings (SSSR count). The highest BCUT2D eigenvalue weighted by Gasteiger charge is 2.34.